The third kappa shape index (κ3) is 6.83. The number of benzene rings is 2. The Labute approximate surface area is 241 Å². The average molecular weight is 576 g/mol. The molecule has 212 valence electrons. The Balaban J connectivity index is 1.25. The number of hydrogen-bond acceptors (Lipinski definition) is 9. The lowest BCUT2D eigenvalue weighted by Gasteiger charge is -2.38. The van der Waals surface area contributed by atoms with E-state index in [1.165, 1.54) is 29.2 Å². The monoisotopic (exact) mass is 575 g/mol. The van der Waals surface area contributed by atoms with Crippen molar-refractivity contribution in [3.8, 4) is 0 Å². The van der Waals surface area contributed by atoms with Crippen LogP contribution in [0, 0.1) is 10.1 Å². The highest BCUT2D eigenvalue weighted by molar-refractivity contribution is 8.14. The smallest absolute Gasteiger partial charge is 0.410 e. The Morgan fingerprint density at radius 1 is 0.951 bits per heavy atom. The number of nitrogens with zero attached hydrogens (tertiary/aromatic N) is 5. The van der Waals surface area contributed by atoms with E-state index in [0.717, 1.165) is 17.4 Å². The van der Waals surface area contributed by atoms with Crippen LogP contribution in [-0.4, -0.2) is 80.8 Å². The minimum absolute atomic E-state index is 0.0581. The molecule has 2 aromatic carbocycles. The van der Waals surface area contributed by atoms with Gasteiger partial charge in [0.25, 0.3) is 5.69 Å². The molecule has 0 N–H and O–H groups in total. The van der Waals surface area contributed by atoms with Crippen LogP contribution in [0.3, 0.4) is 0 Å². The number of carbonyl (C=O) groups is 3. The van der Waals surface area contributed by atoms with Gasteiger partial charge in [0.1, 0.15) is 12.6 Å². The van der Waals surface area contributed by atoms with E-state index in [0.29, 0.717) is 43.7 Å². The van der Waals surface area contributed by atoms with E-state index in [2.05, 4.69) is 9.88 Å². The molecule has 12 heteroatoms. The molecule has 2 aliphatic heterocycles. The number of nitro benzene ring substituents is 1. The zero-order chi connectivity index (χ0) is 28.8. The number of ether oxygens (including phenoxy) is 1. The molecule has 0 bridgehead atoms. The van der Waals surface area contributed by atoms with Gasteiger partial charge in [-0.3, -0.25) is 29.6 Å². The van der Waals surface area contributed by atoms with Crippen molar-refractivity contribution in [3.63, 3.8) is 0 Å². The van der Waals surface area contributed by atoms with Crippen molar-refractivity contribution in [2.24, 2.45) is 0 Å². The van der Waals surface area contributed by atoms with E-state index >= 15 is 0 Å². The van der Waals surface area contributed by atoms with Gasteiger partial charge in [0, 0.05) is 73.8 Å². The van der Waals surface area contributed by atoms with Crippen molar-refractivity contribution in [3.05, 3.63) is 100 Å². The number of amides is 2. The number of piperazine rings is 1. The maximum atomic E-state index is 13.7. The van der Waals surface area contributed by atoms with Crippen LogP contribution in [0.2, 0.25) is 0 Å². The molecule has 0 aliphatic carbocycles. The van der Waals surface area contributed by atoms with Crippen molar-refractivity contribution in [1.29, 1.82) is 0 Å². The lowest BCUT2D eigenvalue weighted by molar-refractivity contribution is -0.384. The van der Waals surface area contributed by atoms with Gasteiger partial charge in [-0.1, -0.05) is 42.1 Å². The molecule has 0 spiro atoms. The summed E-state index contributed by atoms with van der Waals surface area (Å²) in [5.41, 5.74) is 2.13. The Morgan fingerprint density at radius 2 is 1.63 bits per heavy atom. The summed E-state index contributed by atoms with van der Waals surface area (Å²) in [5.74, 6) is -0.165. The molecule has 5 rings (SSSR count). The van der Waals surface area contributed by atoms with E-state index in [1.807, 2.05) is 18.2 Å². The molecule has 41 heavy (non-hydrogen) atoms. The lowest BCUT2D eigenvalue weighted by atomic mass is 10.1. The van der Waals surface area contributed by atoms with Crippen LogP contribution in [-0.2, 0) is 16.1 Å². The normalized spacial score (nSPS) is 18.7. The van der Waals surface area contributed by atoms with E-state index in [-0.39, 0.29) is 35.1 Å². The van der Waals surface area contributed by atoms with Gasteiger partial charge in [0.2, 0.25) is 11.0 Å². The number of hydrogen-bond donors (Lipinski definition) is 0. The molecule has 2 fully saturated rings. The molecular weight excluding hydrogens is 546 g/mol. The van der Waals surface area contributed by atoms with Crippen LogP contribution in [0.15, 0.2) is 79.1 Å². The highest BCUT2D eigenvalue weighted by Crippen LogP contribution is 2.32. The van der Waals surface area contributed by atoms with Crippen molar-refractivity contribution in [1.82, 2.24) is 14.8 Å². The fourth-order valence-electron chi connectivity index (χ4n) is 5.00. The number of nitro groups is 1. The van der Waals surface area contributed by atoms with Crippen molar-refractivity contribution < 1.29 is 24.0 Å². The highest BCUT2D eigenvalue weighted by atomic mass is 32.2. The quantitative estimate of drug-likeness (QED) is 0.304. The van der Waals surface area contributed by atoms with Gasteiger partial charge in [-0.2, -0.15) is 0 Å². The summed E-state index contributed by atoms with van der Waals surface area (Å²) in [5, 5.41) is 10.5. The first-order valence-corrected chi connectivity index (χ1v) is 14.1. The first-order valence-electron chi connectivity index (χ1n) is 13.3. The Bertz CT molecular complexity index is 1380. The number of pyridine rings is 1. The molecule has 1 aromatic heterocycles. The van der Waals surface area contributed by atoms with E-state index in [1.54, 1.807) is 41.6 Å². The van der Waals surface area contributed by atoms with Crippen LogP contribution >= 0.6 is 11.8 Å². The maximum Gasteiger partial charge on any atom is 0.410 e. The Morgan fingerprint density at radius 3 is 2.29 bits per heavy atom. The summed E-state index contributed by atoms with van der Waals surface area (Å²) in [4.78, 5) is 59.7. The molecule has 0 radical (unpaired) electrons. The summed E-state index contributed by atoms with van der Waals surface area (Å²) >= 11 is 1.13. The van der Waals surface area contributed by atoms with Crippen LogP contribution < -0.4 is 4.90 Å². The largest absolute Gasteiger partial charge is 0.445 e. The molecule has 11 nitrogen and oxygen atoms in total. The standard InChI is InChI=1S/C29H29N5O6S/c35-27(32-16-14-31(15-17-32)23-10-12-30-13-11-23)26-18-25(41-28(36)22-4-2-1-3-5-22)19-33(26)29(37)40-20-21-6-8-24(9-7-21)34(38)39/h1-13,25-26H,14-20H2/t25-,26+/m1/s1. The molecule has 2 atom stereocenters. The number of rotatable bonds is 7. The topological polar surface area (TPSA) is 126 Å². The van der Waals surface area contributed by atoms with Gasteiger partial charge < -0.3 is 14.5 Å². The molecule has 2 aliphatic rings. The second kappa shape index (κ2) is 12.8. The number of anilines is 1. The van der Waals surface area contributed by atoms with Crippen LogP contribution in [0.5, 0.6) is 0 Å². The van der Waals surface area contributed by atoms with Crippen LogP contribution in [0.25, 0.3) is 0 Å². The minimum atomic E-state index is -0.757. The number of carbonyl (C=O) groups excluding carboxylic acids is 3. The summed E-state index contributed by atoms with van der Waals surface area (Å²) in [6, 6.07) is 17.8. The van der Waals surface area contributed by atoms with Gasteiger partial charge >= 0.3 is 6.09 Å². The van der Waals surface area contributed by atoms with Gasteiger partial charge in [0.05, 0.1) is 4.92 Å². The van der Waals surface area contributed by atoms with Crippen molar-refractivity contribution >= 4 is 40.3 Å². The molecule has 2 amide bonds. The van der Waals surface area contributed by atoms with Gasteiger partial charge in [-0.15, -0.1) is 0 Å². The van der Waals surface area contributed by atoms with Crippen molar-refractivity contribution in [2.75, 3.05) is 37.6 Å². The number of likely N-dealkylation sites (tertiary alicyclic amines) is 1. The summed E-state index contributed by atoms with van der Waals surface area (Å²) in [6.45, 7) is 2.40. The van der Waals surface area contributed by atoms with E-state index in [4.69, 9.17) is 4.74 Å². The summed E-state index contributed by atoms with van der Waals surface area (Å²) in [6.07, 6.45) is 3.15. The number of non-ortho nitro benzene ring substituents is 1. The molecule has 3 heterocycles. The molecule has 0 unspecified atom stereocenters. The zero-order valence-electron chi connectivity index (χ0n) is 22.2. The van der Waals surface area contributed by atoms with E-state index < -0.39 is 17.1 Å². The maximum absolute atomic E-state index is 13.7. The fourth-order valence-corrected chi connectivity index (χ4v) is 6.09. The first-order chi connectivity index (χ1) is 19.9. The first kappa shape index (κ1) is 28.1. The third-order valence-corrected chi connectivity index (χ3v) is 8.32. The Kier molecular flexibility index (Phi) is 8.78. The van der Waals surface area contributed by atoms with Gasteiger partial charge in [-0.05, 0) is 36.2 Å². The molecule has 3 aromatic rings. The highest BCUT2D eigenvalue weighted by Gasteiger charge is 2.43. The summed E-state index contributed by atoms with van der Waals surface area (Å²) in [7, 11) is 0. The molecule has 2 saturated heterocycles. The van der Waals surface area contributed by atoms with Crippen molar-refractivity contribution in [2.45, 2.75) is 24.3 Å². The molecular formula is C29H29N5O6S. The van der Waals surface area contributed by atoms with Gasteiger partial charge in [-0.25, -0.2) is 4.79 Å². The second-order valence-corrected chi connectivity index (χ2v) is 11.1. The zero-order valence-corrected chi connectivity index (χ0v) is 23.0. The lowest BCUT2D eigenvalue weighted by Crippen LogP contribution is -2.54. The van der Waals surface area contributed by atoms with Crippen LogP contribution in [0.4, 0.5) is 16.2 Å². The SMILES string of the molecule is O=C(S[C@@H]1C[C@@H](C(=O)N2CCN(c3ccncc3)CC2)N(C(=O)OCc2ccc([N+](=O)[O-])cc2)C1)c1ccccc1. The Hall–Kier alpha value is -4.45. The predicted molar refractivity (Wildman–Crippen MR) is 154 cm³/mol. The number of aromatic nitrogens is 1. The summed E-state index contributed by atoms with van der Waals surface area (Å²) < 4.78 is 5.53. The fraction of sp³-hybridized carbons (Fsp3) is 0.310. The van der Waals surface area contributed by atoms with Crippen LogP contribution in [0.1, 0.15) is 22.3 Å². The third-order valence-electron chi connectivity index (χ3n) is 7.19. The minimum Gasteiger partial charge on any atom is -0.445 e. The molecule has 0 saturated carbocycles. The van der Waals surface area contributed by atoms with E-state index in [9.17, 15) is 24.5 Å². The average Bonchev–Trinajstić information content (AvgIpc) is 3.44. The van der Waals surface area contributed by atoms with Gasteiger partial charge in [0.15, 0.2) is 0 Å². The predicted octanol–water partition coefficient (Wildman–Crippen LogP) is 3.99. The second-order valence-electron chi connectivity index (χ2n) is 9.79. The number of thioether (sulfide) groups is 1.